The molecular weight excluding hydrogens is 316 g/mol. The highest BCUT2D eigenvalue weighted by Crippen LogP contribution is 2.25. The summed E-state index contributed by atoms with van der Waals surface area (Å²) in [7, 11) is 0. The molecule has 5 heteroatoms. The van der Waals surface area contributed by atoms with E-state index in [1.807, 2.05) is 0 Å². The van der Waals surface area contributed by atoms with Crippen LogP contribution in [0.2, 0.25) is 0 Å². The third-order valence-electron chi connectivity index (χ3n) is 2.40. The highest BCUT2D eigenvalue weighted by Gasteiger charge is 2.16. The number of halogens is 1. The van der Waals surface area contributed by atoms with Gasteiger partial charge in [0.1, 0.15) is 0 Å². The van der Waals surface area contributed by atoms with Crippen LogP contribution in [0.1, 0.15) is 20.8 Å². The fourth-order valence-corrected chi connectivity index (χ4v) is 2.97. The summed E-state index contributed by atoms with van der Waals surface area (Å²) in [5.41, 5.74) is 0.994. The van der Waals surface area contributed by atoms with Crippen LogP contribution in [0.15, 0.2) is 40.2 Å². The van der Waals surface area contributed by atoms with Crippen molar-refractivity contribution >= 4 is 39.0 Å². The maximum absolute atomic E-state index is 12.3. The minimum absolute atomic E-state index is 0.137. The fraction of sp³-hybridized carbons (Fsp3) is 0.0769. The number of hydrogen-bond acceptors (Lipinski definition) is 3. The van der Waals surface area contributed by atoms with E-state index < -0.39 is 5.97 Å². The first kappa shape index (κ1) is 13.0. The van der Waals surface area contributed by atoms with E-state index in [0.717, 1.165) is 3.79 Å². The summed E-state index contributed by atoms with van der Waals surface area (Å²) in [4.78, 5) is 23.6. The van der Waals surface area contributed by atoms with Gasteiger partial charge in [0, 0.05) is 5.56 Å². The van der Waals surface area contributed by atoms with Crippen molar-refractivity contribution < 1.29 is 14.7 Å². The number of aliphatic carboxylic acids is 1. The van der Waals surface area contributed by atoms with Gasteiger partial charge in [0.15, 0.2) is 0 Å². The van der Waals surface area contributed by atoms with Gasteiger partial charge in [-0.15, -0.1) is 11.3 Å². The predicted octanol–water partition coefficient (Wildman–Crippen LogP) is 3.37. The van der Waals surface area contributed by atoms with Crippen molar-refractivity contribution in [3.05, 3.63) is 56.2 Å². The van der Waals surface area contributed by atoms with Gasteiger partial charge in [-0.05, 0) is 33.6 Å². The van der Waals surface area contributed by atoms with E-state index >= 15 is 0 Å². The Hall–Kier alpha value is -1.46. The average molecular weight is 325 g/mol. The molecule has 1 aromatic carbocycles. The van der Waals surface area contributed by atoms with Crippen molar-refractivity contribution in [2.24, 2.45) is 0 Å². The van der Waals surface area contributed by atoms with Crippen molar-refractivity contribution in [1.82, 2.24) is 0 Å². The topological polar surface area (TPSA) is 54.4 Å². The van der Waals surface area contributed by atoms with Crippen LogP contribution in [-0.2, 0) is 11.2 Å². The molecule has 3 nitrogen and oxygen atoms in total. The van der Waals surface area contributed by atoms with Gasteiger partial charge in [-0.1, -0.05) is 24.3 Å². The Morgan fingerprint density at radius 3 is 2.50 bits per heavy atom. The van der Waals surface area contributed by atoms with Gasteiger partial charge in [0.05, 0.1) is 15.1 Å². The largest absolute Gasteiger partial charge is 0.481 e. The summed E-state index contributed by atoms with van der Waals surface area (Å²) in [6, 6.07) is 10.3. The molecule has 0 spiro atoms. The third kappa shape index (κ3) is 2.86. The Morgan fingerprint density at radius 2 is 1.89 bits per heavy atom. The van der Waals surface area contributed by atoms with Crippen molar-refractivity contribution in [3.8, 4) is 0 Å². The predicted molar refractivity (Wildman–Crippen MR) is 73.2 cm³/mol. The van der Waals surface area contributed by atoms with Crippen LogP contribution in [0, 0.1) is 0 Å². The van der Waals surface area contributed by atoms with E-state index in [0.29, 0.717) is 16.0 Å². The number of thiophene rings is 1. The maximum Gasteiger partial charge on any atom is 0.307 e. The van der Waals surface area contributed by atoms with Crippen molar-refractivity contribution in [2.45, 2.75) is 6.42 Å². The molecule has 0 aliphatic rings. The molecule has 0 radical (unpaired) electrons. The Kier molecular flexibility index (Phi) is 3.93. The Morgan fingerprint density at radius 1 is 1.17 bits per heavy atom. The molecule has 2 rings (SSSR count). The Bertz CT molecular complexity index is 604. The molecule has 0 fully saturated rings. The zero-order valence-corrected chi connectivity index (χ0v) is 11.6. The Labute approximate surface area is 116 Å². The van der Waals surface area contributed by atoms with Gasteiger partial charge in [-0.2, -0.15) is 0 Å². The molecule has 0 unspecified atom stereocenters. The zero-order chi connectivity index (χ0) is 13.1. The molecule has 1 aromatic heterocycles. The van der Waals surface area contributed by atoms with Crippen molar-refractivity contribution in [3.63, 3.8) is 0 Å². The lowest BCUT2D eigenvalue weighted by Gasteiger charge is -2.05. The van der Waals surface area contributed by atoms with Gasteiger partial charge in [-0.3, -0.25) is 9.59 Å². The molecule has 0 atom stereocenters. The SMILES string of the molecule is O=C(O)Cc1ccccc1C(=O)c1ccc(Br)s1. The Balaban J connectivity index is 2.38. The van der Waals surface area contributed by atoms with Gasteiger partial charge in [0.25, 0.3) is 0 Å². The molecule has 0 saturated carbocycles. The minimum atomic E-state index is -0.942. The molecule has 1 heterocycles. The first-order valence-corrected chi connectivity index (χ1v) is 6.78. The molecule has 18 heavy (non-hydrogen) atoms. The average Bonchev–Trinajstić information content (AvgIpc) is 2.75. The summed E-state index contributed by atoms with van der Waals surface area (Å²) in [5.74, 6) is -1.08. The van der Waals surface area contributed by atoms with Gasteiger partial charge in [-0.25, -0.2) is 0 Å². The van der Waals surface area contributed by atoms with E-state index in [-0.39, 0.29) is 12.2 Å². The van der Waals surface area contributed by atoms with Crippen LogP contribution in [0.5, 0.6) is 0 Å². The van der Waals surface area contributed by atoms with E-state index in [9.17, 15) is 9.59 Å². The van der Waals surface area contributed by atoms with E-state index in [1.165, 1.54) is 11.3 Å². The van der Waals surface area contributed by atoms with Crippen molar-refractivity contribution in [1.29, 1.82) is 0 Å². The molecule has 92 valence electrons. The van der Waals surface area contributed by atoms with Gasteiger partial charge < -0.3 is 5.11 Å². The highest BCUT2D eigenvalue weighted by molar-refractivity contribution is 9.11. The standard InChI is InChI=1S/C13H9BrO3S/c14-11-6-5-10(18-11)13(17)9-4-2-1-3-8(9)7-12(15)16/h1-6H,7H2,(H,15,16). The van der Waals surface area contributed by atoms with Gasteiger partial charge in [0.2, 0.25) is 5.78 Å². The second-order valence-corrected chi connectivity index (χ2v) is 6.12. The number of carbonyl (C=O) groups is 2. The lowest BCUT2D eigenvalue weighted by atomic mass is 10.0. The van der Waals surface area contributed by atoms with E-state index in [4.69, 9.17) is 5.11 Å². The zero-order valence-electron chi connectivity index (χ0n) is 9.22. The molecule has 0 bridgehead atoms. The quantitative estimate of drug-likeness (QED) is 0.877. The number of hydrogen-bond donors (Lipinski definition) is 1. The van der Waals surface area contributed by atoms with Crippen LogP contribution in [0.25, 0.3) is 0 Å². The second kappa shape index (κ2) is 5.46. The molecule has 0 aliphatic heterocycles. The lowest BCUT2D eigenvalue weighted by molar-refractivity contribution is -0.136. The summed E-state index contributed by atoms with van der Waals surface area (Å²) in [5, 5.41) is 8.83. The number of rotatable bonds is 4. The van der Waals surface area contributed by atoms with Crippen LogP contribution in [-0.4, -0.2) is 16.9 Å². The summed E-state index contributed by atoms with van der Waals surface area (Å²) in [6.45, 7) is 0. The molecule has 2 aromatic rings. The normalized spacial score (nSPS) is 10.3. The highest BCUT2D eigenvalue weighted by atomic mass is 79.9. The summed E-state index contributed by atoms with van der Waals surface area (Å²) < 4.78 is 0.876. The molecule has 0 aliphatic carbocycles. The number of ketones is 1. The minimum Gasteiger partial charge on any atom is -0.481 e. The molecule has 1 N–H and O–H groups in total. The number of carboxylic acids is 1. The molecule has 0 amide bonds. The van der Waals surface area contributed by atoms with Crippen LogP contribution in [0.4, 0.5) is 0 Å². The number of benzene rings is 1. The maximum atomic E-state index is 12.3. The van der Waals surface area contributed by atoms with E-state index in [2.05, 4.69) is 15.9 Å². The van der Waals surface area contributed by atoms with Crippen LogP contribution < -0.4 is 0 Å². The smallest absolute Gasteiger partial charge is 0.307 e. The van der Waals surface area contributed by atoms with Crippen molar-refractivity contribution in [2.75, 3.05) is 0 Å². The molecule has 0 saturated heterocycles. The fourth-order valence-electron chi connectivity index (χ4n) is 1.63. The second-order valence-electron chi connectivity index (χ2n) is 3.66. The van der Waals surface area contributed by atoms with E-state index in [1.54, 1.807) is 36.4 Å². The first-order valence-electron chi connectivity index (χ1n) is 5.17. The van der Waals surface area contributed by atoms with Gasteiger partial charge >= 0.3 is 5.97 Å². The first-order chi connectivity index (χ1) is 8.58. The third-order valence-corrected chi connectivity index (χ3v) is 4.02. The number of carbonyl (C=O) groups excluding carboxylic acids is 1. The number of carboxylic acid groups (broad SMARTS) is 1. The molecular formula is C13H9BrO3S. The van der Waals surface area contributed by atoms with Crippen LogP contribution in [0.3, 0.4) is 0 Å². The van der Waals surface area contributed by atoms with Crippen LogP contribution >= 0.6 is 27.3 Å². The summed E-state index contributed by atoms with van der Waals surface area (Å²) in [6.07, 6.45) is -0.144. The lowest BCUT2D eigenvalue weighted by Crippen LogP contribution is -2.08. The monoisotopic (exact) mass is 324 g/mol. The summed E-state index contributed by atoms with van der Waals surface area (Å²) >= 11 is 4.64.